The molecule has 1 aliphatic rings. The molecule has 19 heavy (non-hydrogen) atoms. The molecule has 0 heterocycles. The number of rotatable bonds is 6. The van der Waals surface area contributed by atoms with Gasteiger partial charge in [0, 0.05) is 6.54 Å². The number of urea groups is 1. The maximum atomic E-state index is 11.6. The number of hydrogen-bond donors (Lipinski definition) is 3. The van der Waals surface area contributed by atoms with Gasteiger partial charge in [-0.1, -0.05) is 46.0 Å². The summed E-state index contributed by atoms with van der Waals surface area (Å²) < 4.78 is 0. The lowest BCUT2D eigenvalue weighted by atomic mass is 9.87. The summed E-state index contributed by atoms with van der Waals surface area (Å²) in [5.41, 5.74) is 0. The van der Waals surface area contributed by atoms with Crippen LogP contribution in [0.5, 0.6) is 0 Å². The van der Waals surface area contributed by atoms with E-state index >= 15 is 0 Å². The predicted molar refractivity (Wildman–Crippen MR) is 74.0 cm³/mol. The van der Waals surface area contributed by atoms with Gasteiger partial charge >= 0.3 is 12.0 Å². The Morgan fingerprint density at radius 1 is 1.21 bits per heavy atom. The van der Waals surface area contributed by atoms with Crippen LogP contribution >= 0.6 is 0 Å². The molecular weight excluding hydrogens is 244 g/mol. The van der Waals surface area contributed by atoms with Gasteiger partial charge < -0.3 is 15.7 Å². The van der Waals surface area contributed by atoms with Gasteiger partial charge in [0.15, 0.2) is 0 Å². The van der Waals surface area contributed by atoms with Crippen LogP contribution in [-0.2, 0) is 4.79 Å². The Kier molecular flexibility index (Phi) is 6.67. The van der Waals surface area contributed by atoms with Crippen LogP contribution in [0.4, 0.5) is 4.79 Å². The van der Waals surface area contributed by atoms with Gasteiger partial charge in [-0.05, 0) is 18.3 Å². The first kappa shape index (κ1) is 15.8. The van der Waals surface area contributed by atoms with E-state index in [1.54, 1.807) is 13.8 Å². The third kappa shape index (κ3) is 5.94. The van der Waals surface area contributed by atoms with Gasteiger partial charge in [-0.25, -0.2) is 9.59 Å². The van der Waals surface area contributed by atoms with E-state index < -0.39 is 12.0 Å². The molecule has 5 nitrogen and oxygen atoms in total. The van der Waals surface area contributed by atoms with Crippen LogP contribution in [-0.4, -0.2) is 29.7 Å². The van der Waals surface area contributed by atoms with Crippen molar-refractivity contribution in [1.29, 1.82) is 0 Å². The van der Waals surface area contributed by atoms with E-state index in [1.807, 2.05) is 0 Å². The van der Waals surface area contributed by atoms with Crippen LogP contribution in [0.15, 0.2) is 0 Å². The molecule has 5 heteroatoms. The van der Waals surface area contributed by atoms with Crippen molar-refractivity contribution in [3.63, 3.8) is 0 Å². The molecule has 0 aliphatic heterocycles. The first-order valence-corrected chi connectivity index (χ1v) is 7.28. The highest BCUT2D eigenvalue weighted by Gasteiger charge is 2.23. The molecule has 0 unspecified atom stereocenters. The summed E-state index contributed by atoms with van der Waals surface area (Å²) in [6.07, 6.45) is 7.43. The molecule has 1 atom stereocenters. The molecule has 1 saturated carbocycles. The van der Waals surface area contributed by atoms with Gasteiger partial charge in [0.25, 0.3) is 0 Å². The fourth-order valence-corrected chi connectivity index (χ4v) is 2.57. The lowest BCUT2D eigenvalue weighted by Gasteiger charge is -2.22. The lowest BCUT2D eigenvalue weighted by Crippen LogP contribution is -2.48. The van der Waals surface area contributed by atoms with Gasteiger partial charge in [0.2, 0.25) is 0 Å². The highest BCUT2D eigenvalue weighted by Crippen LogP contribution is 2.25. The van der Waals surface area contributed by atoms with Crippen LogP contribution < -0.4 is 10.6 Å². The number of carboxylic acids is 1. The van der Waals surface area contributed by atoms with E-state index in [0.717, 1.165) is 12.3 Å². The van der Waals surface area contributed by atoms with Crippen molar-refractivity contribution in [2.24, 2.45) is 11.8 Å². The Morgan fingerprint density at radius 3 is 2.37 bits per heavy atom. The number of carboxylic acid groups (broad SMARTS) is 1. The second-order valence-corrected chi connectivity index (χ2v) is 5.75. The molecule has 0 aromatic heterocycles. The van der Waals surface area contributed by atoms with Crippen molar-refractivity contribution in [3.05, 3.63) is 0 Å². The first-order chi connectivity index (χ1) is 9.00. The van der Waals surface area contributed by atoms with Crippen LogP contribution in [0, 0.1) is 11.8 Å². The minimum absolute atomic E-state index is 0.124. The van der Waals surface area contributed by atoms with Crippen molar-refractivity contribution in [3.8, 4) is 0 Å². The first-order valence-electron chi connectivity index (χ1n) is 7.28. The lowest BCUT2D eigenvalue weighted by molar-refractivity contribution is -0.140. The standard InChI is InChI=1S/C14H26N2O3/c1-10(2)12(13(17)18)16-14(19)15-9-8-11-6-4-3-5-7-11/h10-12H,3-9H2,1-2H3,(H,17,18)(H2,15,16,19)/t12-/m1/s1. The molecule has 0 spiro atoms. The highest BCUT2D eigenvalue weighted by molar-refractivity contribution is 5.82. The van der Waals surface area contributed by atoms with Crippen LogP contribution in [0.1, 0.15) is 52.4 Å². The summed E-state index contributed by atoms with van der Waals surface area (Å²) in [6.45, 7) is 4.18. The normalized spacial score (nSPS) is 18.1. The van der Waals surface area contributed by atoms with Gasteiger partial charge in [0.05, 0.1) is 0 Å². The van der Waals surface area contributed by atoms with Crippen LogP contribution in [0.3, 0.4) is 0 Å². The number of hydrogen-bond acceptors (Lipinski definition) is 2. The van der Waals surface area contributed by atoms with Crippen molar-refractivity contribution < 1.29 is 14.7 Å². The SMILES string of the molecule is CC(C)[C@@H](NC(=O)NCCC1CCCCC1)C(=O)O. The molecule has 0 aromatic rings. The molecule has 0 aromatic carbocycles. The smallest absolute Gasteiger partial charge is 0.326 e. The number of nitrogens with one attached hydrogen (secondary N) is 2. The molecule has 1 rings (SSSR count). The molecule has 2 amide bonds. The third-order valence-corrected chi connectivity index (χ3v) is 3.78. The Balaban J connectivity index is 2.21. The Labute approximate surface area is 115 Å². The zero-order chi connectivity index (χ0) is 14.3. The highest BCUT2D eigenvalue weighted by atomic mass is 16.4. The van der Waals surface area contributed by atoms with Gasteiger partial charge in [-0.3, -0.25) is 0 Å². The molecule has 1 fully saturated rings. The van der Waals surface area contributed by atoms with Crippen molar-refractivity contribution in [2.75, 3.05) is 6.54 Å². The number of aliphatic carboxylic acids is 1. The second-order valence-electron chi connectivity index (χ2n) is 5.75. The second kappa shape index (κ2) is 8.02. The summed E-state index contributed by atoms with van der Waals surface area (Å²) >= 11 is 0. The van der Waals surface area contributed by atoms with E-state index in [0.29, 0.717) is 6.54 Å². The van der Waals surface area contributed by atoms with E-state index in [2.05, 4.69) is 10.6 Å². The summed E-state index contributed by atoms with van der Waals surface area (Å²) in [6, 6.07) is -1.20. The minimum atomic E-state index is -0.988. The topological polar surface area (TPSA) is 78.4 Å². The molecule has 0 saturated heterocycles. The van der Waals surface area contributed by atoms with E-state index in [4.69, 9.17) is 5.11 Å². The fourth-order valence-electron chi connectivity index (χ4n) is 2.57. The summed E-state index contributed by atoms with van der Waals surface area (Å²) in [5.74, 6) is -0.395. The zero-order valence-corrected chi connectivity index (χ0v) is 11.9. The monoisotopic (exact) mass is 270 g/mol. The van der Waals surface area contributed by atoms with Crippen molar-refractivity contribution in [2.45, 2.75) is 58.4 Å². The Morgan fingerprint density at radius 2 is 1.84 bits per heavy atom. The maximum absolute atomic E-state index is 11.6. The predicted octanol–water partition coefficient (Wildman–Crippen LogP) is 2.37. The molecule has 0 bridgehead atoms. The molecule has 3 N–H and O–H groups in total. The van der Waals surface area contributed by atoms with Crippen molar-refractivity contribution in [1.82, 2.24) is 10.6 Å². The molecular formula is C14H26N2O3. The summed E-state index contributed by atoms with van der Waals surface area (Å²) in [7, 11) is 0. The third-order valence-electron chi connectivity index (χ3n) is 3.78. The van der Waals surface area contributed by atoms with E-state index in [1.165, 1.54) is 32.1 Å². The molecule has 0 radical (unpaired) electrons. The van der Waals surface area contributed by atoms with Crippen molar-refractivity contribution >= 4 is 12.0 Å². The van der Waals surface area contributed by atoms with E-state index in [-0.39, 0.29) is 11.9 Å². The summed E-state index contributed by atoms with van der Waals surface area (Å²) in [4.78, 5) is 22.6. The minimum Gasteiger partial charge on any atom is -0.480 e. The van der Waals surface area contributed by atoms with Gasteiger partial charge in [0.1, 0.15) is 6.04 Å². The average molecular weight is 270 g/mol. The zero-order valence-electron chi connectivity index (χ0n) is 11.9. The number of amides is 2. The largest absolute Gasteiger partial charge is 0.480 e. The molecule has 1 aliphatic carbocycles. The fraction of sp³-hybridized carbons (Fsp3) is 0.857. The van der Waals surface area contributed by atoms with E-state index in [9.17, 15) is 9.59 Å². The van der Waals surface area contributed by atoms with Crippen LogP contribution in [0.2, 0.25) is 0 Å². The molecule has 110 valence electrons. The Hall–Kier alpha value is -1.26. The average Bonchev–Trinajstić information content (AvgIpc) is 2.36. The van der Waals surface area contributed by atoms with Crippen LogP contribution in [0.25, 0.3) is 0 Å². The summed E-state index contributed by atoms with van der Waals surface area (Å²) in [5, 5.41) is 14.2. The Bertz CT molecular complexity index is 299. The number of carbonyl (C=O) groups is 2. The quantitative estimate of drug-likeness (QED) is 0.693. The van der Waals surface area contributed by atoms with Gasteiger partial charge in [-0.15, -0.1) is 0 Å². The maximum Gasteiger partial charge on any atom is 0.326 e. The number of carbonyl (C=O) groups excluding carboxylic acids is 1. The van der Waals surface area contributed by atoms with Gasteiger partial charge in [-0.2, -0.15) is 0 Å².